The van der Waals surface area contributed by atoms with E-state index in [1.54, 1.807) is 13.0 Å². The molecule has 0 aliphatic carbocycles. The second kappa shape index (κ2) is 5.52. The first-order valence-corrected chi connectivity index (χ1v) is 7.13. The Kier molecular flexibility index (Phi) is 3.78. The van der Waals surface area contributed by atoms with Gasteiger partial charge in [0, 0.05) is 10.8 Å². The van der Waals surface area contributed by atoms with E-state index in [1.807, 2.05) is 0 Å². The van der Waals surface area contributed by atoms with Gasteiger partial charge in [-0.15, -0.1) is 0 Å². The zero-order chi connectivity index (χ0) is 16.8. The average Bonchev–Trinajstić information content (AvgIpc) is 2.99. The lowest BCUT2D eigenvalue weighted by atomic mass is 9.93. The van der Waals surface area contributed by atoms with E-state index in [0.717, 1.165) is 0 Å². The van der Waals surface area contributed by atoms with Gasteiger partial charge in [-0.05, 0) is 11.6 Å². The number of aromatic nitrogens is 3. The van der Waals surface area contributed by atoms with Crippen LogP contribution in [0.4, 0.5) is 5.82 Å². The van der Waals surface area contributed by atoms with E-state index in [2.05, 4.69) is 20.1 Å². The molecule has 10 nitrogen and oxygen atoms in total. The lowest BCUT2D eigenvalue weighted by Gasteiger charge is -2.24. The summed E-state index contributed by atoms with van der Waals surface area (Å²) in [4.78, 5) is 6.57. The van der Waals surface area contributed by atoms with Gasteiger partial charge in [-0.1, -0.05) is 23.6 Å². The first-order chi connectivity index (χ1) is 10.9. The molecule has 23 heavy (non-hydrogen) atoms. The largest absolute Gasteiger partial charge is 0.393 e. The van der Waals surface area contributed by atoms with Crippen LogP contribution in [0.3, 0.4) is 0 Å². The van der Waals surface area contributed by atoms with Crippen molar-refractivity contribution in [1.82, 2.24) is 14.6 Å². The maximum absolute atomic E-state index is 10.5. The van der Waals surface area contributed by atoms with Gasteiger partial charge < -0.3 is 20.7 Å². The minimum absolute atomic E-state index is 0.181. The normalized spacial score (nSPS) is 30.5. The quantitative estimate of drug-likeness (QED) is 0.431. The molecule has 1 aliphatic heterocycles. The van der Waals surface area contributed by atoms with Crippen LogP contribution in [0.1, 0.15) is 18.7 Å². The molecule has 0 aromatic carbocycles. The molecule has 0 saturated carbocycles. The van der Waals surface area contributed by atoms with Crippen LogP contribution in [0, 0.1) is 5.92 Å². The molecule has 1 saturated heterocycles. The number of rotatable bonds is 3. The minimum atomic E-state index is -1.56. The number of nitrogens with two attached hydrogens (primary N) is 1. The summed E-state index contributed by atoms with van der Waals surface area (Å²) < 4.78 is 7.12. The number of hydrogen-bond acceptors (Lipinski definition) is 7. The summed E-state index contributed by atoms with van der Waals surface area (Å²) in [6.45, 7) is 1.05. The van der Waals surface area contributed by atoms with Crippen LogP contribution in [0.2, 0.25) is 5.02 Å². The molecule has 3 rings (SSSR count). The van der Waals surface area contributed by atoms with E-state index in [4.69, 9.17) is 27.6 Å². The Hall–Kier alpha value is -2.10. The van der Waals surface area contributed by atoms with Gasteiger partial charge in [0.15, 0.2) is 11.5 Å². The molecule has 122 valence electrons. The Morgan fingerprint density at radius 3 is 3.04 bits per heavy atom. The van der Waals surface area contributed by atoms with Crippen LogP contribution in [0.25, 0.3) is 16.0 Å². The Morgan fingerprint density at radius 1 is 1.65 bits per heavy atom. The number of nitrogen functional groups attached to an aromatic ring is 1. The first kappa shape index (κ1) is 15.8. The lowest BCUT2D eigenvalue weighted by Crippen LogP contribution is -2.37. The van der Waals surface area contributed by atoms with E-state index < -0.39 is 30.5 Å². The van der Waals surface area contributed by atoms with E-state index in [0.29, 0.717) is 16.2 Å². The van der Waals surface area contributed by atoms with Crippen LogP contribution in [0.15, 0.2) is 17.5 Å². The standard InChI is InChI=1S/C12H14ClN7O3/c1-5-9(22)10(23-12(5,3-21)18-19-15)7-2-6(13)8-11(14)16-4-17-20(7)8/h2,4-5,9-10,21-22H,3H2,1H3,(H2,14,16,17)/t5-,9+,10-,12+/m0/s1. The predicted molar refractivity (Wildman–Crippen MR) is 80.4 cm³/mol. The number of ether oxygens (including phenoxy) is 1. The molecular weight excluding hydrogens is 326 g/mol. The summed E-state index contributed by atoms with van der Waals surface area (Å²) >= 11 is 6.16. The maximum atomic E-state index is 10.5. The molecule has 0 amide bonds. The van der Waals surface area contributed by atoms with Crippen LogP contribution in [-0.2, 0) is 4.74 Å². The van der Waals surface area contributed by atoms with Crippen molar-refractivity contribution in [2.24, 2.45) is 11.0 Å². The van der Waals surface area contributed by atoms with Crippen molar-refractivity contribution >= 4 is 22.9 Å². The molecule has 2 aromatic heterocycles. The fourth-order valence-corrected chi connectivity index (χ4v) is 3.10. The summed E-state index contributed by atoms with van der Waals surface area (Å²) in [5.41, 5.74) is 13.8. The second-order valence-electron chi connectivity index (χ2n) is 5.33. The van der Waals surface area contributed by atoms with Gasteiger partial charge in [0.25, 0.3) is 0 Å². The number of hydrogen-bond donors (Lipinski definition) is 3. The fourth-order valence-electron chi connectivity index (χ4n) is 2.81. The molecule has 1 aliphatic rings. The number of nitrogens with zero attached hydrogens (tertiary/aromatic N) is 6. The number of fused-ring (bicyclic) bond motifs is 1. The van der Waals surface area contributed by atoms with E-state index in [9.17, 15) is 10.2 Å². The van der Waals surface area contributed by atoms with Crippen molar-refractivity contribution in [1.29, 1.82) is 0 Å². The molecule has 4 atom stereocenters. The number of azide groups is 1. The van der Waals surface area contributed by atoms with Gasteiger partial charge in [0.2, 0.25) is 0 Å². The second-order valence-corrected chi connectivity index (χ2v) is 5.74. The first-order valence-electron chi connectivity index (χ1n) is 6.76. The lowest BCUT2D eigenvalue weighted by molar-refractivity contribution is -0.0882. The number of aliphatic hydroxyl groups excluding tert-OH is 2. The van der Waals surface area contributed by atoms with Crippen molar-refractivity contribution in [2.45, 2.75) is 24.9 Å². The summed E-state index contributed by atoms with van der Waals surface area (Å²) in [7, 11) is 0. The van der Waals surface area contributed by atoms with Gasteiger partial charge >= 0.3 is 0 Å². The molecule has 0 bridgehead atoms. The number of halogens is 1. The molecule has 4 N–H and O–H groups in total. The van der Waals surface area contributed by atoms with E-state index in [-0.39, 0.29) is 5.82 Å². The van der Waals surface area contributed by atoms with Crippen LogP contribution in [-0.4, -0.2) is 43.2 Å². The Bertz CT molecular complexity index is 805. The highest BCUT2D eigenvalue weighted by atomic mass is 35.5. The average molecular weight is 340 g/mol. The van der Waals surface area contributed by atoms with Gasteiger partial charge in [0.1, 0.15) is 17.9 Å². The summed E-state index contributed by atoms with van der Waals surface area (Å²) in [5, 5.41) is 28.0. The van der Waals surface area contributed by atoms with Crippen LogP contribution in [0.5, 0.6) is 0 Å². The zero-order valence-corrected chi connectivity index (χ0v) is 12.8. The van der Waals surface area contributed by atoms with Gasteiger partial charge in [-0.3, -0.25) is 0 Å². The summed E-state index contributed by atoms with van der Waals surface area (Å²) in [6, 6.07) is 1.55. The SMILES string of the molecule is C[C@H]1[C@@H](O)[C@H](c2cc(Cl)c3c(N)ncnn23)O[C@@]1(CO)N=[N+]=[N-]. The molecule has 1 fully saturated rings. The molecule has 2 aromatic rings. The Morgan fingerprint density at radius 2 is 2.39 bits per heavy atom. The van der Waals surface area contributed by atoms with Crippen molar-refractivity contribution in [3.05, 3.63) is 33.6 Å². The third-order valence-electron chi connectivity index (χ3n) is 4.16. The predicted octanol–water partition coefficient (Wildman–Crippen LogP) is 1.03. The minimum Gasteiger partial charge on any atom is -0.393 e. The Labute approximate surface area is 135 Å². The van der Waals surface area contributed by atoms with E-state index in [1.165, 1.54) is 10.8 Å². The number of anilines is 1. The molecule has 0 spiro atoms. The third-order valence-corrected chi connectivity index (χ3v) is 4.45. The van der Waals surface area contributed by atoms with Gasteiger partial charge in [-0.25, -0.2) is 9.50 Å². The highest BCUT2D eigenvalue weighted by Gasteiger charge is 2.53. The molecule has 0 unspecified atom stereocenters. The molecule has 3 heterocycles. The molecular formula is C12H14ClN7O3. The van der Waals surface area contributed by atoms with Crippen molar-refractivity contribution in [3.8, 4) is 0 Å². The molecule has 11 heteroatoms. The molecule has 0 radical (unpaired) electrons. The van der Waals surface area contributed by atoms with Crippen LogP contribution >= 0.6 is 11.6 Å². The highest BCUT2D eigenvalue weighted by Crippen LogP contribution is 2.45. The summed E-state index contributed by atoms with van der Waals surface area (Å²) in [6.07, 6.45) is -0.699. The van der Waals surface area contributed by atoms with Crippen molar-refractivity contribution < 1.29 is 14.9 Å². The zero-order valence-electron chi connectivity index (χ0n) is 12.0. The monoisotopic (exact) mass is 339 g/mol. The summed E-state index contributed by atoms with van der Waals surface area (Å²) in [5.74, 6) is -0.461. The van der Waals surface area contributed by atoms with Gasteiger partial charge in [0.05, 0.1) is 23.4 Å². The topological polar surface area (TPSA) is 155 Å². The highest BCUT2D eigenvalue weighted by molar-refractivity contribution is 6.34. The van der Waals surface area contributed by atoms with E-state index >= 15 is 0 Å². The Balaban J connectivity index is 2.13. The van der Waals surface area contributed by atoms with Gasteiger partial charge in [-0.2, -0.15) is 5.10 Å². The number of aliphatic hydroxyl groups is 2. The fraction of sp³-hybridized carbons (Fsp3) is 0.500. The smallest absolute Gasteiger partial charge is 0.175 e. The van der Waals surface area contributed by atoms with Crippen molar-refractivity contribution in [3.63, 3.8) is 0 Å². The van der Waals surface area contributed by atoms with Crippen LogP contribution < -0.4 is 5.73 Å². The maximum Gasteiger partial charge on any atom is 0.175 e. The third kappa shape index (κ3) is 2.19. The van der Waals surface area contributed by atoms with Crippen molar-refractivity contribution in [2.75, 3.05) is 12.3 Å².